The second kappa shape index (κ2) is 6.34. The molecule has 0 aliphatic heterocycles. The molecule has 1 N–H and O–H groups in total. The van der Waals surface area contributed by atoms with E-state index in [2.05, 4.69) is 5.92 Å². The van der Waals surface area contributed by atoms with Crippen LogP contribution in [0.15, 0.2) is 29.8 Å². The quantitative estimate of drug-likeness (QED) is 0.656. The molecule has 1 aromatic rings. The molecule has 1 atom stereocenters. The molecule has 2 nitrogen and oxygen atoms in total. The number of aliphatic hydroxyl groups is 1. The summed E-state index contributed by atoms with van der Waals surface area (Å²) in [5.74, 6) is 2.80. The average Bonchev–Trinajstić information content (AvgIpc) is 2.29. The summed E-state index contributed by atoms with van der Waals surface area (Å²) in [6.07, 6.45) is 6.13. The molecular weight excluding hydrogens is 236 g/mol. The number of terminal acetylenes is 1. The van der Waals surface area contributed by atoms with Crippen LogP contribution in [0.4, 0.5) is 0 Å². The van der Waals surface area contributed by atoms with E-state index in [-0.39, 0.29) is 0 Å². The average molecular weight is 251 g/mol. The first-order chi connectivity index (χ1) is 8.04. The molecule has 0 aliphatic carbocycles. The minimum Gasteiger partial charge on any atom is -0.489 e. The minimum atomic E-state index is -1.00. The van der Waals surface area contributed by atoms with Gasteiger partial charge < -0.3 is 9.84 Å². The molecule has 0 spiro atoms. The van der Waals surface area contributed by atoms with Crippen molar-refractivity contribution in [2.24, 2.45) is 0 Å². The molecule has 1 rings (SSSR count). The first-order valence-electron chi connectivity index (χ1n) is 5.24. The molecular formula is C14H15ClO2. The summed E-state index contributed by atoms with van der Waals surface area (Å²) in [6.45, 7) is 4.42. The third kappa shape index (κ3) is 4.14. The Morgan fingerprint density at radius 2 is 2.29 bits per heavy atom. The Bertz CT molecular complexity index is 454. The maximum Gasteiger partial charge on any atom is 0.143 e. The number of allylic oxidation sites excluding steroid dienone is 1. The highest BCUT2D eigenvalue weighted by molar-refractivity contribution is 6.30. The SMILES string of the molecule is C#CC(O)c1cc(Cl)ccc1OCC=C(C)C. The molecule has 90 valence electrons. The van der Waals surface area contributed by atoms with E-state index < -0.39 is 6.10 Å². The highest BCUT2D eigenvalue weighted by Crippen LogP contribution is 2.28. The maximum absolute atomic E-state index is 9.65. The zero-order valence-corrected chi connectivity index (χ0v) is 10.7. The summed E-state index contributed by atoms with van der Waals surface area (Å²) >= 11 is 5.86. The van der Waals surface area contributed by atoms with Gasteiger partial charge in [0.25, 0.3) is 0 Å². The fourth-order valence-corrected chi connectivity index (χ4v) is 1.43. The summed E-state index contributed by atoms with van der Waals surface area (Å²) in [4.78, 5) is 0. The normalized spacial score (nSPS) is 11.5. The van der Waals surface area contributed by atoms with Gasteiger partial charge in [-0.25, -0.2) is 0 Å². The number of ether oxygens (including phenoxy) is 1. The minimum absolute atomic E-state index is 0.439. The summed E-state index contributed by atoms with van der Waals surface area (Å²) in [6, 6.07) is 5.02. The third-order valence-corrected chi connectivity index (χ3v) is 2.39. The number of hydrogen-bond acceptors (Lipinski definition) is 2. The Balaban J connectivity index is 2.91. The van der Waals surface area contributed by atoms with E-state index in [0.29, 0.717) is 22.9 Å². The Morgan fingerprint density at radius 1 is 1.59 bits per heavy atom. The lowest BCUT2D eigenvalue weighted by Gasteiger charge is -2.12. The lowest BCUT2D eigenvalue weighted by molar-refractivity contribution is 0.230. The molecule has 1 aromatic carbocycles. The second-order valence-electron chi connectivity index (χ2n) is 3.84. The molecule has 0 saturated carbocycles. The highest BCUT2D eigenvalue weighted by Gasteiger charge is 2.11. The Morgan fingerprint density at radius 3 is 2.88 bits per heavy atom. The lowest BCUT2D eigenvalue weighted by atomic mass is 10.1. The molecule has 3 heteroatoms. The monoisotopic (exact) mass is 250 g/mol. The Labute approximate surface area is 107 Å². The number of halogens is 1. The topological polar surface area (TPSA) is 29.5 Å². The summed E-state index contributed by atoms with van der Waals surface area (Å²) in [7, 11) is 0. The van der Waals surface area contributed by atoms with Gasteiger partial charge in [-0.1, -0.05) is 23.1 Å². The summed E-state index contributed by atoms with van der Waals surface area (Å²) in [5, 5.41) is 10.2. The van der Waals surface area contributed by atoms with Crippen molar-refractivity contribution in [3.8, 4) is 18.1 Å². The first kappa shape index (κ1) is 13.6. The van der Waals surface area contributed by atoms with Crippen LogP contribution in [0.1, 0.15) is 25.5 Å². The third-order valence-electron chi connectivity index (χ3n) is 2.15. The molecule has 0 aliphatic rings. The standard InChI is InChI=1S/C14H15ClO2/c1-4-13(16)12-9-11(15)5-6-14(12)17-8-7-10(2)3/h1,5-7,9,13,16H,8H2,2-3H3. The molecule has 1 unspecified atom stereocenters. The van der Waals surface area contributed by atoms with Crippen molar-refractivity contribution in [1.29, 1.82) is 0 Å². The van der Waals surface area contributed by atoms with Crippen molar-refractivity contribution in [2.45, 2.75) is 20.0 Å². The van der Waals surface area contributed by atoms with Crippen LogP contribution < -0.4 is 4.74 Å². The van der Waals surface area contributed by atoms with Crippen LogP contribution in [-0.4, -0.2) is 11.7 Å². The maximum atomic E-state index is 9.65. The largest absolute Gasteiger partial charge is 0.489 e. The van der Waals surface area contributed by atoms with Gasteiger partial charge in [-0.15, -0.1) is 6.42 Å². The van der Waals surface area contributed by atoms with E-state index in [1.54, 1.807) is 18.2 Å². The van der Waals surface area contributed by atoms with Gasteiger partial charge >= 0.3 is 0 Å². The predicted molar refractivity (Wildman–Crippen MR) is 70.2 cm³/mol. The van der Waals surface area contributed by atoms with Crippen molar-refractivity contribution in [1.82, 2.24) is 0 Å². The zero-order chi connectivity index (χ0) is 12.8. The molecule has 0 radical (unpaired) electrons. The van der Waals surface area contributed by atoms with Crippen molar-refractivity contribution in [3.05, 3.63) is 40.4 Å². The van der Waals surface area contributed by atoms with E-state index in [0.717, 1.165) is 5.57 Å². The first-order valence-corrected chi connectivity index (χ1v) is 5.62. The molecule has 0 bridgehead atoms. The second-order valence-corrected chi connectivity index (χ2v) is 4.28. The number of benzene rings is 1. The van der Waals surface area contributed by atoms with E-state index in [4.69, 9.17) is 22.8 Å². The van der Waals surface area contributed by atoms with Crippen molar-refractivity contribution >= 4 is 11.6 Å². The van der Waals surface area contributed by atoms with Crippen LogP contribution in [0.3, 0.4) is 0 Å². The molecule has 0 aromatic heterocycles. The molecule has 0 heterocycles. The molecule has 17 heavy (non-hydrogen) atoms. The molecule has 0 saturated heterocycles. The fraction of sp³-hybridized carbons (Fsp3) is 0.286. The van der Waals surface area contributed by atoms with Gasteiger partial charge in [0.2, 0.25) is 0 Å². The zero-order valence-electron chi connectivity index (χ0n) is 9.90. The lowest BCUT2D eigenvalue weighted by Crippen LogP contribution is -2.01. The predicted octanol–water partition coefficient (Wildman–Crippen LogP) is 3.35. The van der Waals surface area contributed by atoms with Crippen LogP contribution >= 0.6 is 11.6 Å². The number of hydrogen-bond donors (Lipinski definition) is 1. The van der Waals surface area contributed by atoms with E-state index in [9.17, 15) is 5.11 Å². The Kier molecular flexibility index (Phi) is 5.09. The van der Waals surface area contributed by atoms with Gasteiger partial charge in [0.15, 0.2) is 0 Å². The van der Waals surface area contributed by atoms with Crippen LogP contribution in [0, 0.1) is 12.3 Å². The van der Waals surface area contributed by atoms with E-state index in [1.165, 1.54) is 0 Å². The van der Waals surface area contributed by atoms with Gasteiger partial charge in [0.1, 0.15) is 18.5 Å². The van der Waals surface area contributed by atoms with Gasteiger partial charge in [-0.3, -0.25) is 0 Å². The van der Waals surface area contributed by atoms with Crippen LogP contribution in [0.5, 0.6) is 5.75 Å². The van der Waals surface area contributed by atoms with E-state index in [1.807, 2.05) is 19.9 Å². The molecule has 0 amide bonds. The van der Waals surface area contributed by atoms with Crippen LogP contribution in [0.2, 0.25) is 5.02 Å². The van der Waals surface area contributed by atoms with Gasteiger partial charge in [0.05, 0.1) is 0 Å². The van der Waals surface area contributed by atoms with Gasteiger partial charge in [-0.2, -0.15) is 0 Å². The van der Waals surface area contributed by atoms with Crippen LogP contribution in [-0.2, 0) is 0 Å². The fourth-order valence-electron chi connectivity index (χ4n) is 1.25. The summed E-state index contributed by atoms with van der Waals surface area (Å²) in [5.41, 5.74) is 1.68. The van der Waals surface area contributed by atoms with Crippen molar-refractivity contribution < 1.29 is 9.84 Å². The van der Waals surface area contributed by atoms with Crippen molar-refractivity contribution in [2.75, 3.05) is 6.61 Å². The van der Waals surface area contributed by atoms with Crippen molar-refractivity contribution in [3.63, 3.8) is 0 Å². The summed E-state index contributed by atoms with van der Waals surface area (Å²) < 4.78 is 5.54. The highest BCUT2D eigenvalue weighted by atomic mass is 35.5. The van der Waals surface area contributed by atoms with E-state index >= 15 is 0 Å². The number of aliphatic hydroxyl groups excluding tert-OH is 1. The van der Waals surface area contributed by atoms with Gasteiger partial charge in [0, 0.05) is 10.6 Å². The smallest absolute Gasteiger partial charge is 0.143 e. The number of rotatable bonds is 4. The van der Waals surface area contributed by atoms with Crippen LogP contribution in [0.25, 0.3) is 0 Å². The Hall–Kier alpha value is -1.43. The van der Waals surface area contributed by atoms with Gasteiger partial charge in [-0.05, 0) is 38.1 Å². The molecule has 0 fully saturated rings.